The minimum absolute atomic E-state index is 0.543. The SMILES string of the molecule is COCC(C)CNCc1sccc1N. The number of nitrogen functional groups attached to an aromatic ring is 1. The van der Waals surface area contributed by atoms with E-state index in [4.69, 9.17) is 10.5 Å². The van der Waals surface area contributed by atoms with E-state index in [1.165, 1.54) is 4.88 Å². The van der Waals surface area contributed by atoms with Crippen molar-refractivity contribution in [1.29, 1.82) is 0 Å². The lowest BCUT2D eigenvalue weighted by Gasteiger charge is -2.10. The number of rotatable bonds is 6. The third-order valence-electron chi connectivity index (χ3n) is 2.01. The topological polar surface area (TPSA) is 47.3 Å². The standard InChI is InChI=1S/C10H18N2OS/c1-8(7-13-2)5-12-6-10-9(11)3-4-14-10/h3-4,8,12H,5-7,11H2,1-2H3. The molecule has 3 nitrogen and oxygen atoms in total. The van der Waals surface area contributed by atoms with Crippen molar-refractivity contribution in [2.24, 2.45) is 5.92 Å². The Hall–Kier alpha value is -0.580. The predicted octanol–water partition coefficient (Wildman–Crippen LogP) is 1.70. The van der Waals surface area contributed by atoms with Crippen molar-refractivity contribution in [3.8, 4) is 0 Å². The van der Waals surface area contributed by atoms with E-state index in [1.54, 1.807) is 18.4 Å². The second kappa shape index (κ2) is 6.01. The molecule has 1 rings (SSSR count). The average Bonchev–Trinajstić information content (AvgIpc) is 2.52. The predicted molar refractivity (Wildman–Crippen MR) is 61.5 cm³/mol. The van der Waals surface area contributed by atoms with E-state index in [9.17, 15) is 0 Å². The van der Waals surface area contributed by atoms with Crippen molar-refractivity contribution >= 4 is 17.0 Å². The van der Waals surface area contributed by atoms with Crippen LogP contribution in [0.3, 0.4) is 0 Å². The molecule has 0 aliphatic carbocycles. The maximum atomic E-state index is 5.76. The zero-order valence-corrected chi connectivity index (χ0v) is 9.56. The van der Waals surface area contributed by atoms with Crippen LogP contribution in [0.1, 0.15) is 11.8 Å². The Kier molecular flexibility index (Phi) is 4.93. The summed E-state index contributed by atoms with van der Waals surface area (Å²) in [6.07, 6.45) is 0. The molecule has 0 saturated carbocycles. The summed E-state index contributed by atoms with van der Waals surface area (Å²) >= 11 is 1.70. The van der Waals surface area contributed by atoms with Gasteiger partial charge >= 0.3 is 0 Å². The second-order valence-corrected chi connectivity index (χ2v) is 4.49. The van der Waals surface area contributed by atoms with E-state index < -0.39 is 0 Å². The third-order valence-corrected chi connectivity index (χ3v) is 2.95. The molecule has 1 atom stereocenters. The maximum Gasteiger partial charge on any atom is 0.0499 e. The van der Waals surface area contributed by atoms with Crippen LogP contribution in [0.5, 0.6) is 0 Å². The van der Waals surface area contributed by atoms with Crippen molar-refractivity contribution in [1.82, 2.24) is 5.32 Å². The summed E-state index contributed by atoms with van der Waals surface area (Å²) in [7, 11) is 1.73. The molecule has 14 heavy (non-hydrogen) atoms. The fourth-order valence-electron chi connectivity index (χ4n) is 1.27. The van der Waals surface area contributed by atoms with Gasteiger partial charge in [0.1, 0.15) is 0 Å². The zero-order chi connectivity index (χ0) is 10.4. The Morgan fingerprint density at radius 2 is 2.43 bits per heavy atom. The van der Waals surface area contributed by atoms with Crippen molar-refractivity contribution in [2.45, 2.75) is 13.5 Å². The van der Waals surface area contributed by atoms with Gasteiger partial charge in [-0.3, -0.25) is 0 Å². The van der Waals surface area contributed by atoms with Gasteiger partial charge in [-0.15, -0.1) is 11.3 Å². The van der Waals surface area contributed by atoms with Gasteiger partial charge in [0.25, 0.3) is 0 Å². The smallest absolute Gasteiger partial charge is 0.0499 e. The molecular formula is C10H18N2OS. The first-order chi connectivity index (χ1) is 6.74. The first-order valence-electron chi connectivity index (χ1n) is 4.75. The molecule has 0 fully saturated rings. The van der Waals surface area contributed by atoms with Gasteiger partial charge in [0.2, 0.25) is 0 Å². The number of hydrogen-bond donors (Lipinski definition) is 2. The molecule has 1 aromatic rings. The molecule has 4 heteroatoms. The Labute approximate surface area is 89.3 Å². The van der Waals surface area contributed by atoms with Gasteiger partial charge in [0, 0.05) is 37.4 Å². The molecular weight excluding hydrogens is 196 g/mol. The van der Waals surface area contributed by atoms with E-state index in [2.05, 4.69) is 12.2 Å². The van der Waals surface area contributed by atoms with Gasteiger partial charge in [-0.2, -0.15) is 0 Å². The molecule has 0 aliphatic rings. The summed E-state index contributed by atoms with van der Waals surface area (Å²) in [6, 6.07) is 1.94. The van der Waals surface area contributed by atoms with Gasteiger partial charge in [-0.1, -0.05) is 6.92 Å². The van der Waals surface area contributed by atoms with Crippen LogP contribution >= 0.6 is 11.3 Å². The molecule has 80 valence electrons. The largest absolute Gasteiger partial charge is 0.398 e. The lowest BCUT2D eigenvalue weighted by molar-refractivity contribution is 0.158. The van der Waals surface area contributed by atoms with Crippen molar-refractivity contribution in [3.63, 3.8) is 0 Å². The summed E-state index contributed by atoms with van der Waals surface area (Å²) < 4.78 is 5.05. The lowest BCUT2D eigenvalue weighted by Crippen LogP contribution is -2.23. The van der Waals surface area contributed by atoms with Crippen LogP contribution < -0.4 is 11.1 Å². The van der Waals surface area contributed by atoms with Gasteiger partial charge < -0.3 is 15.8 Å². The first kappa shape index (κ1) is 11.5. The Bertz CT molecular complexity index is 262. The van der Waals surface area contributed by atoms with Gasteiger partial charge in [0.15, 0.2) is 0 Å². The highest BCUT2D eigenvalue weighted by Gasteiger charge is 2.02. The number of ether oxygens (including phenoxy) is 1. The number of hydrogen-bond acceptors (Lipinski definition) is 4. The molecule has 0 saturated heterocycles. The van der Waals surface area contributed by atoms with Crippen LogP contribution in [0.15, 0.2) is 11.4 Å². The molecule has 0 amide bonds. The first-order valence-corrected chi connectivity index (χ1v) is 5.63. The molecule has 1 unspecified atom stereocenters. The van der Waals surface area contributed by atoms with Crippen LogP contribution in [0.2, 0.25) is 0 Å². The van der Waals surface area contributed by atoms with Crippen LogP contribution in [0, 0.1) is 5.92 Å². The Morgan fingerprint density at radius 1 is 1.64 bits per heavy atom. The van der Waals surface area contributed by atoms with Crippen LogP contribution in [0.25, 0.3) is 0 Å². The Morgan fingerprint density at radius 3 is 3.00 bits per heavy atom. The van der Waals surface area contributed by atoms with Crippen LogP contribution in [-0.4, -0.2) is 20.3 Å². The third kappa shape index (κ3) is 3.65. The number of methoxy groups -OCH3 is 1. The molecule has 0 aliphatic heterocycles. The lowest BCUT2D eigenvalue weighted by atomic mass is 10.2. The van der Waals surface area contributed by atoms with E-state index in [-0.39, 0.29) is 0 Å². The molecule has 0 bridgehead atoms. The van der Waals surface area contributed by atoms with E-state index in [0.717, 1.165) is 25.4 Å². The van der Waals surface area contributed by atoms with Gasteiger partial charge in [-0.05, 0) is 17.4 Å². The van der Waals surface area contributed by atoms with Gasteiger partial charge in [0.05, 0.1) is 0 Å². The van der Waals surface area contributed by atoms with Gasteiger partial charge in [-0.25, -0.2) is 0 Å². The zero-order valence-electron chi connectivity index (χ0n) is 8.75. The van der Waals surface area contributed by atoms with E-state index in [0.29, 0.717) is 5.92 Å². The Balaban J connectivity index is 2.19. The quantitative estimate of drug-likeness (QED) is 0.757. The number of nitrogens with two attached hydrogens (primary N) is 1. The second-order valence-electron chi connectivity index (χ2n) is 3.49. The van der Waals surface area contributed by atoms with Crippen molar-refractivity contribution < 1.29 is 4.74 Å². The van der Waals surface area contributed by atoms with E-state index in [1.807, 2.05) is 11.4 Å². The highest BCUT2D eigenvalue weighted by Crippen LogP contribution is 2.17. The molecule has 3 N–H and O–H groups in total. The normalized spacial score (nSPS) is 13.0. The maximum absolute atomic E-state index is 5.76. The summed E-state index contributed by atoms with van der Waals surface area (Å²) in [5.74, 6) is 0.543. The number of nitrogens with one attached hydrogen (secondary N) is 1. The minimum atomic E-state index is 0.543. The van der Waals surface area contributed by atoms with Crippen molar-refractivity contribution in [2.75, 3.05) is 26.0 Å². The van der Waals surface area contributed by atoms with E-state index >= 15 is 0 Å². The summed E-state index contributed by atoms with van der Waals surface area (Å²) in [5, 5.41) is 5.38. The highest BCUT2D eigenvalue weighted by atomic mass is 32.1. The average molecular weight is 214 g/mol. The summed E-state index contributed by atoms with van der Waals surface area (Å²) in [5.41, 5.74) is 6.65. The molecule has 0 radical (unpaired) electrons. The summed E-state index contributed by atoms with van der Waals surface area (Å²) in [4.78, 5) is 1.22. The van der Waals surface area contributed by atoms with Crippen molar-refractivity contribution in [3.05, 3.63) is 16.3 Å². The fourth-order valence-corrected chi connectivity index (χ4v) is 2.04. The molecule has 0 spiro atoms. The van der Waals surface area contributed by atoms with Crippen LogP contribution in [0.4, 0.5) is 5.69 Å². The molecule has 1 heterocycles. The highest BCUT2D eigenvalue weighted by molar-refractivity contribution is 7.10. The molecule has 0 aromatic carbocycles. The minimum Gasteiger partial charge on any atom is -0.398 e. The summed E-state index contributed by atoms with van der Waals surface area (Å²) in [6.45, 7) is 4.78. The molecule has 1 aromatic heterocycles. The number of anilines is 1. The van der Waals surface area contributed by atoms with Crippen LogP contribution in [-0.2, 0) is 11.3 Å². The fraction of sp³-hybridized carbons (Fsp3) is 0.600. The monoisotopic (exact) mass is 214 g/mol. The number of thiophene rings is 1.